The van der Waals surface area contributed by atoms with Crippen LogP contribution in [0.15, 0.2) is 30.4 Å². The van der Waals surface area contributed by atoms with E-state index in [0.717, 1.165) is 27.7 Å². The molecule has 21 heavy (non-hydrogen) atoms. The molecule has 0 spiro atoms. The molecule has 1 aliphatic rings. The van der Waals surface area contributed by atoms with Crippen LogP contribution >= 0.6 is 22.6 Å². The van der Waals surface area contributed by atoms with Crippen LogP contribution in [0.2, 0.25) is 0 Å². The van der Waals surface area contributed by atoms with Crippen molar-refractivity contribution in [3.05, 3.63) is 39.5 Å². The van der Waals surface area contributed by atoms with Crippen molar-refractivity contribution in [1.82, 2.24) is 0 Å². The van der Waals surface area contributed by atoms with Gasteiger partial charge in [0.25, 0.3) is 5.91 Å². The Bertz CT molecular complexity index is 569. The first-order valence-electron chi connectivity index (χ1n) is 6.94. The van der Waals surface area contributed by atoms with Crippen LogP contribution < -0.4 is 5.32 Å². The third-order valence-corrected chi connectivity index (χ3v) is 4.08. The van der Waals surface area contributed by atoms with Crippen molar-refractivity contribution in [3.63, 3.8) is 0 Å². The van der Waals surface area contributed by atoms with Gasteiger partial charge >= 0.3 is 5.97 Å². The number of halogens is 1. The Labute approximate surface area is 138 Å². The summed E-state index contributed by atoms with van der Waals surface area (Å²) in [5.74, 6) is -0.698. The van der Waals surface area contributed by atoms with Gasteiger partial charge in [0.05, 0.1) is 5.92 Å². The molecule has 1 aromatic carbocycles. The molecule has 0 aromatic heterocycles. The van der Waals surface area contributed by atoms with E-state index in [-0.39, 0.29) is 24.4 Å². The van der Waals surface area contributed by atoms with Gasteiger partial charge in [-0.25, -0.2) is 0 Å². The predicted molar refractivity (Wildman–Crippen MR) is 90.0 cm³/mol. The molecule has 112 valence electrons. The lowest BCUT2D eigenvalue weighted by Crippen LogP contribution is -2.25. The van der Waals surface area contributed by atoms with Crippen LogP contribution in [0.25, 0.3) is 0 Å². The number of carbonyl (C=O) groups is 2. The van der Waals surface area contributed by atoms with Crippen molar-refractivity contribution in [2.24, 2.45) is 5.92 Å². The van der Waals surface area contributed by atoms with Crippen molar-refractivity contribution in [2.75, 3.05) is 11.9 Å². The van der Waals surface area contributed by atoms with Gasteiger partial charge in [-0.1, -0.05) is 12.2 Å². The molecule has 0 heterocycles. The molecule has 0 fully saturated rings. The highest BCUT2D eigenvalue weighted by Gasteiger charge is 2.21. The molecule has 0 bridgehead atoms. The van der Waals surface area contributed by atoms with Gasteiger partial charge in [0.2, 0.25) is 0 Å². The topological polar surface area (TPSA) is 55.4 Å². The Morgan fingerprint density at radius 2 is 2.19 bits per heavy atom. The van der Waals surface area contributed by atoms with Gasteiger partial charge in [0, 0.05) is 9.26 Å². The number of nitrogens with one attached hydrogen (secondary N) is 1. The highest BCUT2D eigenvalue weighted by molar-refractivity contribution is 14.1. The van der Waals surface area contributed by atoms with Crippen LogP contribution in [-0.4, -0.2) is 18.5 Å². The standard InChI is InChI=1S/C16H18INO3/c1-11-9-13(17)7-8-14(11)18-15(19)10-21-16(20)12-5-3-2-4-6-12/h2-3,7-9,12H,4-6,10H2,1H3,(H,18,19)/t12-/m0/s1. The number of amides is 1. The lowest BCUT2D eigenvalue weighted by atomic mass is 9.95. The van der Waals surface area contributed by atoms with Crippen LogP contribution in [0, 0.1) is 16.4 Å². The molecular weight excluding hydrogens is 381 g/mol. The van der Waals surface area contributed by atoms with E-state index in [4.69, 9.17) is 4.74 Å². The molecule has 4 nitrogen and oxygen atoms in total. The Morgan fingerprint density at radius 1 is 1.38 bits per heavy atom. The fourth-order valence-electron chi connectivity index (χ4n) is 2.22. The zero-order chi connectivity index (χ0) is 15.2. The predicted octanol–water partition coefficient (Wildman–Crippen LogP) is 3.44. The number of aryl methyl sites for hydroxylation is 1. The van der Waals surface area contributed by atoms with E-state index < -0.39 is 0 Å². The monoisotopic (exact) mass is 399 g/mol. The Morgan fingerprint density at radius 3 is 2.86 bits per heavy atom. The summed E-state index contributed by atoms with van der Waals surface area (Å²) in [7, 11) is 0. The van der Waals surface area contributed by atoms with Gasteiger partial charge < -0.3 is 10.1 Å². The molecule has 0 radical (unpaired) electrons. The Kier molecular flexibility index (Phi) is 5.78. The van der Waals surface area contributed by atoms with Gasteiger partial charge in [-0.15, -0.1) is 0 Å². The minimum absolute atomic E-state index is 0.108. The third-order valence-electron chi connectivity index (χ3n) is 3.41. The van der Waals surface area contributed by atoms with Crippen molar-refractivity contribution in [3.8, 4) is 0 Å². The van der Waals surface area contributed by atoms with Crippen molar-refractivity contribution in [2.45, 2.75) is 26.2 Å². The fraction of sp³-hybridized carbons (Fsp3) is 0.375. The van der Waals surface area contributed by atoms with Crippen LogP contribution in [-0.2, 0) is 14.3 Å². The van der Waals surface area contributed by atoms with Gasteiger partial charge in [0.15, 0.2) is 6.61 Å². The van der Waals surface area contributed by atoms with E-state index >= 15 is 0 Å². The molecule has 2 rings (SSSR count). The number of hydrogen-bond acceptors (Lipinski definition) is 3. The summed E-state index contributed by atoms with van der Waals surface area (Å²) in [6.07, 6.45) is 6.46. The summed E-state index contributed by atoms with van der Waals surface area (Å²) in [5.41, 5.74) is 1.73. The van der Waals surface area contributed by atoms with Gasteiger partial charge in [-0.3, -0.25) is 9.59 Å². The first kappa shape index (κ1) is 16.0. The average Bonchev–Trinajstić information content (AvgIpc) is 2.48. The number of ether oxygens (including phenoxy) is 1. The molecule has 0 saturated heterocycles. The zero-order valence-electron chi connectivity index (χ0n) is 11.9. The smallest absolute Gasteiger partial charge is 0.309 e. The maximum absolute atomic E-state index is 11.8. The minimum Gasteiger partial charge on any atom is -0.455 e. The molecule has 0 unspecified atom stereocenters. The first-order valence-corrected chi connectivity index (χ1v) is 8.02. The molecular formula is C16H18INO3. The van der Waals surface area contributed by atoms with E-state index in [2.05, 4.69) is 34.0 Å². The maximum atomic E-state index is 11.8. The molecule has 0 aliphatic heterocycles. The van der Waals surface area contributed by atoms with Crippen LogP contribution in [0.1, 0.15) is 24.8 Å². The lowest BCUT2D eigenvalue weighted by molar-refractivity contribution is -0.151. The molecule has 5 heteroatoms. The quantitative estimate of drug-likeness (QED) is 0.480. The molecule has 1 aliphatic carbocycles. The second kappa shape index (κ2) is 7.59. The molecule has 1 N–H and O–H groups in total. The normalized spacial score (nSPS) is 17.3. The number of rotatable bonds is 4. The van der Waals surface area contributed by atoms with Crippen LogP contribution in [0.4, 0.5) is 5.69 Å². The fourth-order valence-corrected chi connectivity index (χ4v) is 2.86. The third kappa shape index (κ3) is 4.84. The van der Waals surface area contributed by atoms with Crippen LogP contribution in [0.3, 0.4) is 0 Å². The SMILES string of the molecule is Cc1cc(I)ccc1NC(=O)COC(=O)[C@H]1CC=CCC1. The molecule has 1 aromatic rings. The number of benzene rings is 1. The van der Waals surface area contributed by atoms with Crippen LogP contribution in [0.5, 0.6) is 0 Å². The zero-order valence-corrected chi connectivity index (χ0v) is 14.1. The van der Waals surface area contributed by atoms with Gasteiger partial charge in [-0.2, -0.15) is 0 Å². The first-order chi connectivity index (χ1) is 10.1. The molecule has 1 atom stereocenters. The number of allylic oxidation sites excluding steroid dienone is 2. The highest BCUT2D eigenvalue weighted by atomic mass is 127. The average molecular weight is 399 g/mol. The van der Waals surface area contributed by atoms with Gasteiger partial charge in [-0.05, 0) is 72.5 Å². The maximum Gasteiger partial charge on any atom is 0.309 e. The van der Waals surface area contributed by atoms with E-state index in [1.807, 2.05) is 31.2 Å². The summed E-state index contributed by atoms with van der Waals surface area (Å²) >= 11 is 2.22. The molecule has 1 amide bonds. The number of anilines is 1. The van der Waals surface area contributed by atoms with E-state index in [9.17, 15) is 9.59 Å². The Hall–Kier alpha value is -1.37. The molecule has 0 saturated carbocycles. The summed E-state index contributed by atoms with van der Waals surface area (Å²) < 4.78 is 6.20. The summed E-state index contributed by atoms with van der Waals surface area (Å²) in [6.45, 7) is 1.70. The number of esters is 1. The largest absolute Gasteiger partial charge is 0.455 e. The Balaban J connectivity index is 1.81. The number of hydrogen-bond donors (Lipinski definition) is 1. The second-order valence-electron chi connectivity index (χ2n) is 5.10. The van der Waals surface area contributed by atoms with Crippen molar-refractivity contribution < 1.29 is 14.3 Å². The summed E-state index contributed by atoms with van der Waals surface area (Å²) in [6, 6.07) is 5.75. The van der Waals surface area contributed by atoms with E-state index in [1.165, 1.54) is 0 Å². The lowest BCUT2D eigenvalue weighted by Gasteiger charge is -2.16. The summed E-state index contributed by atoms with van der Waals surface area (Å²) in [4.78, 5) is 23.7. The second-order valence-corrected chi connectivity index (χ2v) is 6.34. The van der Waals surface area contributed by atoms with Crippen molar-refractivity contribution >= 4 is 40.2 Å². The van der Waals surface area contributed by atoms with Crippen molar-refractivity contribution in [1.29, 1.82) is 0 Å². The number of carbonyl (C=O) groups excluding carboxylic acids is 2. The highest BCUT2D eigenvalue weighted by Crippen LogP contribution is 2.20. The van der Waals surface area contributed by atoms with Gasteiger partial charge in [0.1, 0.15) is 0 Å². The van der Waals surface area contributed by atoms with E-state index in [0.29, 0.717) is 6.42 Å². The minimum atomic E-state index is -0.306. The summed E-state index contributed by atoms with van der Waals surface area (Å²) in [5, 5.41) is 2.76. The van der Waals surface area contributed by atoms with E-state index in [1.54, 1.807) is 0 Å².